The molecule has 0 amide bonds. The average Bonchev–Trinajstić information content (AvgIpc) is 2.61. The van der Waals surface area contributed by atoms with E-state index in [0.29, 0.717) is 10.7 Å². The second-order valence-electron chi connectivity index (χ2n) is 3.13. The molecule has 0 aliphatic rings. The summed E-state index contributed by atoms with van der Waals surface area (Å²) in [5, 5.41) is 7.62. The normalized spacial score (nSPS) is 11.3. The topological polar surface area (TPSA) is 63.0 Å². The first-order valence-corrected chi connectivity index (χ1v) is 4.64. The van der Waals surface area contributed by atoms with Crippen LogP contribution in [-0.4, -0.2) is 19.6 Å². The van der Waals surface area contributed by atoms with Crippen LogP contribution in [0.5, 0.6) is 0 Å². The van der Waals surface area contributed by atoms with Gasteiger partial charge in [-0.3, -0.25) is 0 Å². The molecule has 5 nitrogen and oxygen atoms in total. The van der Waals surface area contributed by atoms with E-state index in [1.54, 1.807) is 18.2 Å². The molecule has 0 radical (unpaired) electrons. The molecule has 1 N–H and O–H groups in total. The molecule has 0 spiro atoms. The van der Waals surface area contributed by atoms with Gasteiger partial charge >= 0.3 is 5.69 Å². The van der Waals surface area contributed by atoms with Crippen LogP contribution in [-0.2, 0) is 0 Å². The number of aromatic amines is 1. The lowest BCUT2D eigenvalue weighted by atomic mass is 10.2. The summed E-state index contributed by atoms with van der Waals surface area (Å²) < 4.78 is 1.35. The smallest absolute Gasteiger partial charge is 0.246 e. The van der Waals surface area contributed by atoms with E-state index >= 15 is 0 Å². The van der Waals surface area contributed by atoms with E-state index in [-0.39, 0.29) is 5.69 Å². The lowest BCUT2D eigenvalue weighted by Gasteiger charge is -1.98. The van der Waals surface area contributed by atoms with Crippen molar-refractivity contribution in [2.75, 3.05) is 0 Å². The van der Waals surface area contributed by atoms with Gasteiger partial charge in [0.05, 0.1) is 5.52 Å². The molecule has 0 saturated heterocycles. The van der Waals surface area contributed by atoms with Gasteiger partial charge in [-0.2, -0.15) is 5.10 Å². The van der Waals surface area contributed by atoms with Gasteiger partial charge < -0.3 is 0 Å². The Hall–Kier alpha value is -1.88. The van der Waals surface area contributed by atoms with Crippen molar-refractivity contribution in [1.82, 2.24) is 19.6 Å². The third-order valence-corrected chi connectivity index (χ3v) is 2.45. The quantitative estimate of drug-likeness (QED) is 0.620. The van der Waals surface area contributed by atoms with Gasteiger partial charge in [0.1, 0.15) is 6.33 Å². The number of nitrogens with one attached hydrogen (secondary N) is 1. The molecule has 74 valence electrons. The Labute approximate surface area is 88.3 Å². The van der Waals surface area contributed by atoms with Crippen LogP contribution in [0.25, 0.3) is 16.6 Å². The average molecular weight is 221 g/mol. The second-order valence-corrected chi connectivity index (χ2v) is 3.56. The summed E-state index contributed by atoms with van der Waals surface area (Å²) in [6.07, 6.45) is 1.44. The Balaban J connectivity index is 2.63. The fourth-order valence-electron chi connectivity index (χ4n) is 1.52. The minimum absolute atomic E-state index is 0.306. The maximum Gasteiger partial charge on any atom is 0.348 e. The Bertz CT molecular complexity index is 715. The number of rotatable bonds is 0. The monoisotopic (exact) mass is 220 g/mol. The van der Waals surface area contributed by atoms with Crippen LogP contribution >= 0.6 is 11.6 Å². The van der Waals surface area contributed by atoms with Crippen LogP contribution < -0.4 is 5.69 Å². The highest BCUT2D eigenvalue weighted by molar-refractivity contribution is 6.31. The molecule has 1 aromatic carbocycles. The summed E-state index contributed by atoms with van der Waals surface area (Å²) in [4.78, 5) is 15.4. The summed E-state index contributed by atoms with van der Waals surface area (Å²) in [7, 11) is 0. The molecule has 0 fully saturated rings. The molecule has 15 heavy (non-hydrogen) atoms. The Morgan fingerprint density at radius 1 is 1.40 bits per heavy atom. The summed E-state index contributed by atoms with van der Waals surface area (Å²) in [6, 6.07) is 5.27. The van der Waals surface area contributed by atoms with E-state index in [0.717, 1.165) is 10.9 Å². The molecule has 6 heteroatoms. The minimum Gasteiger partial charge on any atom is -0.246 e. The number of halogens is 1. The lowest BCUT2D eigenvalue weighted by molar-refractivity contribution is 1.00. The molecule has 0 unspecified atom stereocenters. The number of hydrogen-bond acceptors (Lipinski definition) is 3. The van der Waals surface area contributed by atoms with E-state index in [1.165, 1.54) is 10.7 Å². The third-order valence-electron chi connectivity index (χ3n) is 2.22. The van der Waals surface area contributed by atoms with E-state index in [4.69, 9.17) is 11.6 Å². The highest BCUT2D eigenvalue weighted by atomic mass is 35.5. The Kier molecular flexibility index (Phi) is 1.58. The maximum absolute atomic E-state index is 11.3. The van der Waals surface area contributed by atoms with Crippen LogP contribution in [0.1, 0.15) is 0 Å². The van der Waals surface area contributed by atoms with Crippen LogP contribution in [0.2, 0.25) is 5.02 Å². The predicted octanol–water partition coefficient (Wildman–Crippen LogP) is 1.22. The van der Waals surface area contributed by atoms with Gasteiger partial charge in [0.15, 0.2) is 5.65 Å². The van der Waals surface area contributed by atoms with Crippen molar-refractivity contribution in [3.8, 4) is 0 Å². The zero-order valence-electron chi connectivity index (χ0n) is 7.44. The van der Waals surface area contributed by atoms with E-state index in [1.807, 2.05) is 0 Å². The van der Waals surface area contributed by atoms with Crippen LogP contribution in [0.3, 0.4) is 0 Å². The molecule has 0 atom stereocenters. The van der Waals surface area contributed by atoms with Crippen molar-refractivity contribution < 1.29 is 0 Å². The zero-order valence-corrected chi connectivity index (χ0v) is 8.19. The van der Waals surface area contributed by atoms with Gasteiger partial charge in [-0.05, 0) is 18.2 Å². The van der Waals surface area contributed by atoms with Crippen molar-refractivity contribution in [2.45, 2.75) is 0 Å². The van der Waals surface area contributed by atoms with Crippen LogP contribution in [0.15, 0.2) is 29.3 Å². The first kappa shape index (κ1) is 8.43. The largest absolute Gasteiger partial charge is 0.348 e. The summed E-state index contributed by atoms with van der Waals surface area (Å²) in [5.74, 6) is 0. The zero-order chi connectivity index (χ0) is 10.4. The molecule has 3 aromatic rings. The van der Waals surface area contributed by atoms with Gasteiger partial charge in [0.2, 0.25) is 0 Å². The summed E-state index contributed by atoms with van der Waals surface area (Å²) in [6.45, 7) is 0. The van der Waals surface area contributed by atoms with Gasteiger partial charge in [-0.15, -0.1) is 0 Å². The molecule has 0 saturated carbocycles. The van der Waals surface area contributed by atoms with Gasteiger partial charge in [0, 0.05) is 10.4 Å². The molecule has 0 aliphatic carbocycles. The van der Waals surface area contributed by atoms with Crippen molar-refractivity contribution >= 4 is 28.2 Å². The third kappa shape index (κ3) is 1.13. The Morgan fingerprint density at radius 3 is 3.13 bits per heavy atom. The molecular weight excluding hydrogens is 216 g/mol. The lowest BCUT2D eigenvalue weighted by Crippen LogP contribution is -2.09. The summed E-state index contributed by atoms with van der Waals surface area (Å²) >= 11 is 5.87. The molecule has 0 bridgehead atoms. The Morgan fingerprint density at radius 2 is 2.27 bits per heavy atom. The fourth-order valence-corrected chi connectivity index (χ4v) is 1.69. The van der Waals surface area contributed by atoms with Gasteiger partial charge in [0.25, 0.3) is 0 Å². The molecule has 0 aliphatic heterocycles. The number of fused-ring (bicyclic) bond motifs is 3. The van der Waals surface area contributed by atoms with Crippen molar-refractivity contribution in [3.05, 3.63) is 40.0 Å². The van der Waals surface area contributed by atoms with Gasteiger partial charge in [-0.25, -0.2) is 19.3 Å². The molecular formula is C9H5ClN4O. The summed E-state index contributed by atoms with van der Waals surface area (Å²) in [5.41, 5.74) is 0.984. The van der Waals surface area contributed by atoms with E-state index in [9.17, 15) is 4.79 Å². The molecule has 2 aromatic heterocycles. The highest BCUT2D eigenvalue weighted by Gasteiger charge is 2.05. The van der Waals surface area contributed by atoms with Crippen molar-refractivity contribution in [2.24, 2.45) is 0 Å². The number of benzene rings is 1. The van der Waals surface area contributed by atoms with Crippen LogP contribution in [0.4, 0.5) is 0 Å². The van der Waals surface area contributed by atoms with Gasteiger partial charge in [-0.1, -0.05) is 11.6 Å². The minimum atomic E-state index is -0.306. The highest BCUT2D eigenvalue weighted by Crippen LogP contribution is 2.19. The number of aromatic nitrogens is 4. The van der Waals surface area contributed by atoms with E-state index in [2.05, 4.69) is 15.2 Å². The van der Waals surface area contributed by atoms with Crippen molar-refractivity contribution in [3.63, 3.8) is 0 Å². The molecule has 2 heterocycles. The first-order chi connectivity index (χ1) is 7.25. The first-order valence-electron chi connectivity index (χ1n) is 4.27. The van der Waals surface area contributed by atoms with E-state index < -0.39 is 0 Å². The predicted molar refractivity (Wildman–Crippen MR) is 56.1 cm³/mol. The number of nitrogens with zero attached hydrogens (tertiary/aromatic N) is 3. The SMILES string of the molecule is O=c1[nH]nc2c3cc(Cl)ccc3ncn12. The number of hydrogen-bond donors (Lipinski definition) is 1. The second kappa shape index (κ2) is 2.80. The maximum atomic E-state index is 11.3. The van der Waals surface area contributed by atoms with Crippen LogP contribution in [0, 0.1) is 0 Å². The molecule has 3 rings (SSSR count). The fraction of sp³-hybridized carbons (Fsp3) is 0. The number of H-pyrrole nitrogens is 1. The van der Waals surface area contributed by atoms with Crippen molar-refractivity contribution in [1.29, 1.82) is 0 Å². The standard InChI is InChI=1S/C9H5ClN4O/c10-5-1-2-7-6(3-5)8-12-13-9(15)14(8)4-11-7/h1-4H,(H,13,15).